The highest BCUT2D eigenvalue weighted by Crippen LogP contribution is 2.36. The first-order chi connectivity index (χ1) is 16.9. The molecule has 1 saturated carbocycles. The second-order valence-corrected chi connectivity index (χ2v) is 10.8. The summed E-state index contributed by atoms with van der Waals surface area (Å²) in [7, 11) is 0. The first kappa shape index (κ1) is 24.1. The van der Waals surface area contributed by atoms with Crippen molar-refractivity contribution < 1.29 is 4.74 Å². The van der Waals surface area contributed by atoms with Crippen LogP contribution in [0.15, 0.2) is 23.0 Å². The third kappa shape index (κ3) is 5.05. The van der Waals surface area contributed by atoms with Crippen molar-refractivity contribution in [3.8, 4) is 0 Å². The number of benzene rings is 1. The summed E-state index contributed by atoms with van der Waals surface area (Å²) in [4.78, 5) is 18.9. The molecule has 2 atom stereocenters. The summed E-state index contributed by atoms with van der Waals surface area (Å²) in [5, 5.41) is 14.1. The van der Waals surface area contributed by atoms with E-state index in [1.165, 1.54) is 18.4 Å². The SMILES string of the molecule is Cc1cc(C)c2[nH]c(=O)c(CN(C3CCCC3)[C@H](c3nnnn3C[C@H]3CCCO3)C(C)C)cc2c1. The van der Waals surface area contributed by atoms with Crippen molar-refractivity contribution in [2.75, 3.05) is 6.61 Å². The first-order valence-corrected chi connectivity index (χ1v) is 13.2. The van der Waals surface area contributed by atoms with E-state index >= 15 is 0 Å². The van der Waals surface area contributed by atoms with Crippen molar-refractivity contribution in [1.82, 2.24) is 30.1 Å². The number of aromatic amines is 1. The van der Waals surface area contributed by atoms with E-state index < -0.39 is 0 Å². The van der Waals surface area contributed by atoms with Crippen LogP contribution >= 0.6 is 0 Å². The monoisotopic (exact) mass is 478 g/mol. The highest BCUT2D eigenvalue weighted by molar-refractivity contribution is 5.82. The molecule has 8 heteroatoms. The van der Waals surface area contributed by atoms with Crippen LogP contribution in [0.1, 0.15) is 80.9 Å². The second-order valence-electron chi connectivity index (χ2n) is 10.8. The van der Waals surface area contributed by atoms with Gasteiger partial charge in [-0.2, -0.15) is 0 Å². The van der Waals surface area contributed by atoms with Gasteiger partial charge in [-0.1, -0.05) is 38.3 Å². The number of ether oxygens (including phenoxy) is 1. The molecule has 2 aromatic heterocycles. The van der Waals surface area contributed by atoms with Gasteiger partial charge in [0.05, 0.1) is 24.2 Å². The fourth-order valence-electron chi connectivity index (χ4n) is 6.10. The average Bonchev–Trinajstić information content (AvgIpc) is 3.58. The maximum atomic E-state index is 13.3. The lowest BCUT2D eigenvalue weighted by molar-refractivity contribution is 0.0718. The number of rotatable bonds is 8. The summed E-state index contributed by atoms with van der Waals surface area (Å²) < 4.78 is 7.82. The zero-order chi connectivity index (χ0) is 24.5. The molecule has 1 saturated heterocycles. The predicted octanol–water partition coefficient (Wildman–Crippen LogP) is 4.45. The van der Waals surface area contributed by atoms with Gasteiger partial charge in [0, 0.05) is 24.8 Å². The normalized spacial score (nSPS) is 20.0. The molecule has 0 spiro atoms. The molecule has 1 aromatic carbocycles. The van der Waals surface area contributed by atoms with Crippen LogP contribution in [-0.4, -0.2) is 48.8 Å². The number of fused-ring (bicyclic) bond motifs is 1. The van der Waals surface area contributed by atoms with E-state index in [2.05, 4.69) is 71.3 Å². The van der Waals surface area contributed by atoms with Gasteiger partial charge in [-0.05, 0) is 79.0 Å². The highest BCUT2D eigenvalue weighted by atomic mass is 16.5. The number of pyridine rings is 1. The molecule has 1 aliphatic heterocycles. The van der Waals surface area contributed by atoms with Gasteiger partial charge in [-0.25, -0.2) is 4.68 Å². The van der Waals surface area contributed by atoms with E-state index in [-0.39, 0.29) is 23.6 Å². The third-order valence-electron chi connectivity index (χ3n) is 7.73. The van der Waals surface area contributed by atoms with Crippen LogP contribution in [0.25, 0.3) is 10.9 Å². The Morgan fingerprint density at radius 2 is 1.94 bits per heavy atom. The van der Waals surface area contributed by atoms with E-state index in [4.69, 9.17) is 4.74 Å². The zero-order valence-corrected chi connectivity index (χ0v) is 21.5. The highest BCUT2D eigenvalue weighted by Gasteiger charge is 2.36. The molecule has 5 rings (SSSR count). The lowest BCUT2D eigenvalue weighted by atomic mass is 9.97. The lowest BCUT2D eigenvalue weighted by Gasteiger charge is -2.38. The zero-order valence-electron chi connectivity index (χ0n) is 21.5. The molecule has 35 heavy (non-hydrogen) atoms. The van der Waals surface area contributed by atoms with Gasteiger partial charge < -0.3 is 9.72 Å². The summed E-state index contributed by atoms with van der Waals surface area (Å²) in [5.74, 6) is 1.17. The summed E-state index contributed by atoms with van der Waals surface area (Å²) >= 11 is 0. The lowest BCUT2D eigenvalue weighted by Crippen LogP contribution is -2.41. The van der Waals surface area contributed by atoms with Crippen LogP contribution in [0, 0.1) is 19.8 Å². The molecule has 3 aromatic rings. The van der Waals surface area contributed by atoms with Gasteiger partial charge in [0.2, 0.25) is 0 Å². The molecule has 0 bridgehead atoms. The predicted molar refractivity (Wildman–Crippen MR) is 136 cm³/mol. The fraction of sp³-hybridized carbons (Fsp3) is 0.630. The Balaban J connectivity index is 1.52. The molecule has 0 amide bonds. The largest absolute Gasteiger partial charge is 0.376 e. The molecule has 8 nitrogen and oxygen atoms in total. The molecule has 188 valence electrons. The molecule has 2 fully saturated rings. The van der Waals surface area contributed by atoms with E-state index in [0.717, 1.165) is 60.1 Å². The molecule has 1 N–H and O–H groups in total. The maximum Gasteiger partial charge on any atom is 0.252 e. The Morgan fingerprint density at radius 3 is 2.66 bits per heavy atom. The van der Waals surface area contributed by atoms with Crippen molar-refractivity contribution in [2.24, 2.45) is 5.92 Å². The maximum absolute atomic E-state index is 13.3. The number of aromatic nitrogens is 5. The molecular formula is C27H38N6O2. The van der Waals surface area contributed by atoms with Gasteiger partial charge in [-0.15, -0.1) is 5.10 Å². The van der Waals surface area contributed by atoms with E-state index in [1.807, 2.05) is 4.68 Å². The standard InChI is InChI=1S/C27H38N6O2/c1-17(2)25(26-29-30-31-33(26)16-23-10-7-11-35-23)32(22-8-5-6-9-22)15-21-14-20-13-18(3)12-19(4)24(20)28-27(21)34/h12-14,17,22-23,25H,5-11,15-16H2,1-4H3,(H,28,34)/t23-,25+/m1/s1. The van der Waals surface area contributed by atoms with Crippen molar-refractivity contribution in [2.45, 2.75) is 97.5 Å². The van der Waals surface area contributed by atoms with Crippen LogP contribution in [0.3, 0.4) is 0 Å². The summed E-state index contributed by atoms with van der Waals surface area (Å²) in [5.41, 5.74) is 4.03. The number of aryl methyl sites for hydroxylation is 2. The van der Waals surface area contributed by atoms with Crippen LogP contribution < -0.4 is 5.56 Å². The number of nitrogens with zero attached hydrogens (tertiary/aromatic N) is 5. The minimum Gasteiger partial charge on any atom is -0.376 e. The quantitative estimate of drug-likeness (QED) is 0.514. The summed E-state index contributed by atoms with van der Waals surface area (Å²) in [6.45, 7) is 10.7. The molecule has 1 aliphatic carbocycles. The average molecular weight is 479 g/mol. The third-order valence-corrected chi connectivity index (χ3v) is 7.73. The molecular weight excluding hydrogens is 440 g/mol. The van der Waals surface area contributed by atoms with Gasteiger partial charge in [-0.3, -0.25) is 9.69 Å². The van der Waals surface area contributed by atoms with Gasteiger partial charge in [0.1, 0.15) is 0 Å². The molecule has 2 aliphatic rings. The Bertz CT molecular complexity index is 1220. The number of tetrazole rings is 1. The van der Waals surface area contributed by atoms with Crippen molar-refractivity contribution in [3.05, 3.63) is 51.1 Å². The minimum absolute atomic E-state index is 0.00564. The van der Waals surface area contributed by atoms with Crippen molar-refractivity contribution >= 4 is 10.9 Å². The van der Waals surface area contributed by atoms with Crippen LogP contribution in [0.2, 0.25) is 0 Å². The molecule has 0 radical (unpaired) electrons. The minimum atomic E-state index is -0.00564. The molecule has 0 unspecified atom stereocenters. The van der Waals surface area contributed by atoms with Crippen LogP contribution in [0.5, 0.6) is 0 Å². The second kappa shape index (κ2) is 10.2. The van der Waals surface area contributed by atoms with Gasteiger partial charge >= 0.3 is 0 Å². The number of hydrogen-bond donors (Lipinski definition) is 1. The van der Waals surface area contributed by atoms with Crippen LogP contribution in [-0.2, 0) is 17.8 Å². The van der Waals surface area contributed by atoms with E-state index in [9.17, 15) is 4.79 Å². The number of H-pyrrole nitrogens is 1. The Kier molecular flexibility index (Phi) is 7.02. The number of nitrogens with one attached hydrogen (secondary N) is 1. The Labute approximate surface area is 207 Å². The van der Waals surface area contributed by atoms with Crippen molar-refractivity contribution in [1.29, 1.82) is 0 Å². The Morgan fingerprint density at radius 1 is 1.14 bits per heavy atom. The van der Waals surface area contributed by atoms with E-state index in [1.54, 1.807) is 0 Å². The summed E-state index contributed by atoms with van der Waals surface area (Å²) in [6.07, 6.45) is 7.02. The first-order valence-electron chi connectivity index (χ1n) is 13.2. The van der Waals surface area contributed by atoms with Gasteiger partial charge in [0.15, 0.2) is 5.82 Å². The van der Waals surface area contributed by atoms with Gasteiger partial charge in [0.25, 0.3) is 5.56 Å². The van der Waals surface area contributed by atoms with Crippen LogP contribution in [0.4, 0.5) is 0 Å². The Hall–Kier alpha value is -2.58. The summed E-state index contributed by atoms with van der Waals surface area (Å²) in [6, 6.07) is 6.78. The smallest absolute Gasteiger partial charge is 0.252 e. The fourth-order valence-corrected chi connectivity index (χ4v) is 6.10. The topological polar surface area (TPSA) is 88.9 Å². The molecule has 3 heterocycles. The van der Waals surface area contributed by atoms with Crippen molar-refractivity contribution in [3.63, 3.8) is 0 Å². The van der Waals surface area contributed by atoms with E-state index in [0.29, 0.717) is 19.1 Å². The number of hydrogen-bond acceptors (Lipinski definition) is 6.